The van der Waals surface area contributed by atoms with Crippen molar-refractivity contribution in [1.29, 1.82) is 5.26 Å². The molecule has 2 aromatic rings. The number of aromatic nitrogens is 1. The minimum Gasteiger partial charge on any atom is -0.377 e. The van der Waals surface area contributed by atoms with Gasteiger partial charge in [0.25, 0.3) is 0 Å². The average molecular weight is 300 g/mol. The van der Waals surface area contributed by atoms with Crippen molar-refractivity contribution in [1.82, 2.24) is 4.98 Å². The van der Waals surface area contributed by atoms with Gasteiger partial charge in [0.05, 0.1) is 28.4 Å². The first-order valence-corrected chi connectivity index (χ1v) is 7.23. The number of anilines is 1. The van der Waals surface area contributed by atoms with E-state index in [0.717, 1.165) is 36.2 Å². The van der Waals surface area contributed by atoms with E-state index in [1.54, 1.807) is 18.2 Å². The molecule has 0 amide bonds. The molecular weight excluding hydrogens is 286 g/mol. The lowest BCUT2D eigenvalue weighted by Crippen LogP contribution is -2.21. The fraction of sp³-hybridized carbons (Fsp3) is 0.250. The maximum atomic E-state index is 11.4. The standard InChI is InChI=1S/C16H14ClN3O/c17-12-8-10(9-18)4-6-15(12)19-13-2-1-3-14-11(13)5-7-16(21)20-14/h4-8,13,19H,1-3H2,(H,20,21). The van der Waals surface area contributed by atoms with E-state index in [4.69, 9.17) is 16.9 Å². The van der Waals surface area contributed by atoms with Crippen LogP contribution in [0.4, 0.5) is 5.69 Å². The summed E-state index contributed by atoms with van der Waals surface area (Å²) in [7, 11) is 0. The van der Waals surface area contributed by atoms with Crippen molar-refractivity contribution in [3.05, 3.63) is 62.5 Å². The van der Waals surface area contributed by atoms with Crippen LogP contribution < -0.4 is 10.9 Å². The van der Waals surface area contributed by atoms with Gasteiger partial charge in [-0.3, -0.25) is 4.79 Å². The monoisotopic (exact) mass is 299 g/mol. The van der Waals surface area contributed by atoms with Gasteiger partial charge in [-0.2, -0.15) is 5.26 Å². The second-order valence-corrected chi connectivity index (χ2v) is 5.56. The molecule has 2 N–H and O–H groups in total. The van der Waals surface area contributed by atoms with E-state index in [9.17, 15) is 4.79 Å². The third kappa shape index (κ3) is 2.79. The molecule has 106 valence electrons. The van der Waals surface area contributed by atoms with Gasteiger partial charge in [-0.1, -0.05) is 11.6 Å². The fourth-order valence-corrected chi connectivity index (χ4v) is 2.97. The number of nitrogens with zero attached hydrogens (tertiary/aromatic N) is 1. The quantitative estimate of drug-likeness (QED) is 0.893. The number of pyridine rings is 1. The molecule has 1 unspecified atom stereocenters. The highest BCUT2D eigenvalue weighted by molar-refractivity contribution is 6.33. The zero-order valence-electron chi connectivity index (χ0n) is 11.3. The Morgan fingerprint density at radius 2 is 2.19 bits per heavy atom. The molecule has 0 saturated carbocycles. The van der Waals surface area contributed by atoms with Crippen LogP contribution in [0.25, 0.3) is 0 Å². The molecule has 3 rings (SSSR count). The fourth-order valence-electron chi connectivity index (χ4n) is 2.74. The Morgan fingerprint density at radius 3 is 2.95 bits per heavy atom. The minimum absolute atomic E-state index is 0.0641. The van der Waals surface area contributed by atoms with E-state index < -0.39 is 0 Å². The van der Waals surface area contributed by atoms with Crippen molar-refractivity contribution >= 4 is 17.3 Å². The van der Waals surface area contributed by atoms with Crippen LogP contribution in [0.15, 0.2) is 35.1 Å². The maximum absolute atomic E-state index is 11.4. The number of hydrogen-bond acceptors (Lipinski definition) is 3. The summed E-state index contributed by atoms with van der Waals surface area (Å²) >= 11 is 6.21. The number of aryl methyl sites for hydroxylation is 1. The average Bonchev–Trinajstić information content (AvgIpc) is 2.49. The number of halogens is 1. The van der Waals surface area contributed by atoms with Crippen molar-refractivity contribution in [3.8, 4) is 6.07 Å². The summed E-state index contributed by atoms with van der Waals surface area (Å²) in [6.07, 6.45) is 2.89. The van der Waals surface area contributed by atoms with Crippen LogP contribution in [0.5, 0.6) is 0 Å². The molecule has 1 atom stereocenters. The van der Waals surface area contributed by atoms with Crippen molar-refractivity contribution in [3.63, 3.8) is 0 Å². The van der Waals surface area contributed by atoms with Crippen molar-refractivity contribution < 1.29 is 0 Å². The van der Waals surface area contributed by atoms with Crippen LogP contribution >= 0.6 is 11.6 Å². The number of rotatable bonds is 2. The third-order valence-corrected chi connectivity index (χ3v) is 4.07. The predicted octanol–water partition coefficient (Wildman–Crippen LogP) is 3.39. The second-order valence-electron chi connectivity index (χ2n) is 5.15. The third-order valence-electron chi connectivity index (χ3n) is 3.76. The number of H-pyrrole nitrogens is 1. The highest BCUT2D eigenvalue weighted by Gasteiger charge is 2.21. The summed E-state index contributed by atoms with van der Waals surface area (Å²) in [6.45, 7) is 0. The lowest BCUT2D eigenvalue weighted by molar-refractivity contribution is 0.587. The molecule has 0 bridgehead atoms. The molecule has 21 heavy (non-hydrogen) atoms. The van der Waals surface area contributed by atoms with Gasteiger partial charge >= 0.3 is 0 Å². The lowest BCUT2D eigenvalue weighted by atomic mass is 9.91. The summed E-state index contributed by atoms with van der Waals surface area (Å²) in [6, 6.07) is 10.8. The van der Waals surface area contributed by atoms with Gasteiger partial charge in [-0.15, -0.1) is 0 Å². The molecule has 0 aliphatic heterocycles. The van der Waals surface area contributed by atoms with E-state index in [2.05, 4.69) is 16.4 Å². The first-order valence-electron chi connectivity index (χ1n) is 6.85. The number of nitriles is 1. The zero-order chi connectivity index (χ0) is 14.8. The molecular formula is C16H14ClN3O. The van der Waals surface area contributed by atoms with Gasteiger partial charge in [0.2, 0.25) is 5.56 Å². The molecule has 4 nitrogen and oxygen atoms in total. The first kappa shape index (κ1) is 13.7. The summed E-state index contributed by atoms with van der Waals surface area (Å²) < 4.78 is 0. The molecule has 1 heterocycles. The Morgan fingerprint density at radius 1 is 1.33 bits per heavy atom. The highest BCUT2D eigenvalue weighted by atomic mass is 35.5. The Hall–Kier alpha value is -2.25. The number of nitrogens with one attached hydrogen (secondary N) is 2. The topological polar surface area (TPSA) is 68.7 Å². The Labute approximate surface area is 127 Å². The normalized spacial score (nSPS) is 16.9. The summed E-state index contributed by atoms with van der Waals surface area (Å²) in [5.41, 5.74) is 3.39. The molecule has 1 aliphatic carbocycles. The first-order chi connectivity index (χ1) is 10.2. The zero-order valence-corrected chi connectivity index (χ0v) is 12.1. The van der Waals surface area contributed by atoms with Crippen molar-refractivity contribution in [2.75, 3.05) is 5.32 Å². The molecule has 1 aromatic carbocycles. The van der Waals surface area contributed by atoms with Gasteiger partial charge in [-0.05, 0) is 49.1 Å². The van der Waals surface area contributed by atoms with Gasteiger partial charge in [0.15, 0.2) is 0 Å². The van der Waals surface area contributed by atoms with E-state index in [1.807, 2.05) is 12.1 Å². The Kier molecular flexibility index (Phi) is 3.68. The van der Waals surface area contributed by atoms with Crippen LogP contribution in [0.2, 0.25) is 5.02 Å². The van der Waals surface area contributed by atoms with E-state index >= 15 is 0 Å². The number of benzene rings is 1. The number of hydrogen-bond donors (Lipinski definition) is 2. The molecule has 5 heteroatoms. The summed E-state index contributed by atoms with van der Waals surface area (Å²) in [5, 5.41) is 12.8. The molecule has 1 aliphatic rings. The van der Waals surface area contributed by atoms with E-state index in [1.165, 1.54) is 0 Å². The second kappa shape index (κ2) is 5.63. The Balaban J connectivity index is 1.90. The maximum Gasteiger partial charge on any atom is 0.248 e. The molecule has 1 aromatic heterocycles. The Bertz CT molecular complexity index is 776. The van der Waals surface area contributed by atoms with Crippen LogP contribution in [0, 0.1) is 11.3 Å². The van der Waals surface area contributed by atoms with Crippen molar-refractivity contribution in [2.24, 2.45) is 0 Å². The van der Waals surface area contributed by atoms with Gasteiger partial charge in [0, 0.05) is 11.8 Å². The van der Waals surface area contributed by atoms with Crippen LogP contribution in [-0.4, -0.2) is 4.98 Å². The molecule has 0 spiro atoms. The van der Waals surface area contributed by atoms with E-state index in [-0.39, 0.29) is 11.6 Å². The van der Waals surface area contributed by atoms with Crippen molar-refractivity contribution in [2.45, 2.75) is 25.3 Å². The molecule has 0 saturated heterocycles. The SMILES string of the molecule is N#Cc1ccc(NC2CCCc3[nH]c(=O)ccc32)c(Cl)c1. The van der Waals surface area contributed by atoms with Gasteiger partial charge in [0.1, 0.15) is 0 Å². The van der Waals surface area contributed by atoms with Crippen LogP contribution in [0.3, 0.4) is 0 Å². The smallest absolute Gasteiger partial charge is 0.248 e. The summed E-state index contributed by atoms with van der Waals surface area (Å²) in [5.74, 6) is 0. The summed E-state index contributed by atoms with van der Waals surface area (Å²) in [4.78, 5) is 14.3. The van der Waals surface area contributed by atoms with Crippen LogP contribution in [0.1, 0.15) is 35.7 Å². The van der Waals surface area contributed by atoms with Gasteiger partial charge < -0.3 is 10.3 Å². The van der Waals surface area contributed by atoms with E-state index in [0.29, 0.717) is 10.6 Å². The lowest BCUT2D eigenvalue weighted by Gasteiger charge is -2.27. The number of fused-ring (bicyclic) bond motifs is 1. The minimum atomic E-state index is -0.0641. The van der Waals surface area contributed by atoms with Crippen LogP contribution in [-0.2, 0) is 6.42 Å². The number of aromatic amines is 1. The largest absolute Gasteiger partial charge is 0.377 e. The molecule has 0 fully saturated rings. The highest BCUT2D eigenvalue weighted by Crippen LogP contribution is 2.33. The molecule has 0 radical (unpaired) electrons. The van der Waals surface area contributed by atoms with Gasteiger partial charge in [-0.25, -0.2) is 0 Å². The predicted molar refractivity (Wildman–Crippen MR) is 82.5 cm³/mol.